The van der Waals surface area contributed by atoms with Crippen molar-refractivity contribution in [2.45, 2.75) is 27.3 Å². The van der Waals surface area contributed by atoms with Crippen molar-refractivity contribution >= 4 is 11.3 Å². The molecular weight excluding hydrogens is 194 g/mol. The first-order valence-electron chi connectivity index (χ1n) is 4.85. The van der Waals surface area contributed by atoms with Gasteiger partial charge in [0.2, 0.25) is 0 Å². The molecule has 0 aliphatic rings. The van der Waals surface area contributed by atoms with E-state index in [-0.39, 0.29) is 5.41 Å². The Bertz CT molecular complexity index is 281. The van der Waals surface area contributed by atoms with Crippen molar-refractivity contribution in [3.8, 4) is 0 Å². The molecule has 1 rings (SSSR count). The van der Waals surface area contributed by atoms with Gasteiger partial charge in [-0.05, 0) is 18.9 Å². The van der Waals surface area contributed by atoms with Crippen LogP contribution in [0.15, 0.2) is 5.38 Å². The summed E-state index contributed by atoms with van der Waals surface area (Å²) in [7, 11) is 0. The number of aromatic nitrogens is 1. The molecule has 1 aromatic heterocycles. The van der Waals surface area contributed by atoms with Crippen LogP contribution in [-0.4, -0.2) is 18.1 Å². The van der Waals surface area contributed by atoms with E-state index in [0.717, 1.165) is 23.8 Å². The summed E-state index contributed by atoms with van der Waals surface area (Å²) in [6.07, 6.45) is 0. The number of hydrogen-bond acceptors (Lipinski definition) is 4. The number of nitrogens with zero attached hydrogens (tertiary/aromatic N) is 1. The molecule has 0 amide bonds. The largest absolute Gasteiger partial charge is 0.330 e. The Morgan fingerprint density at radius 1 is 1.57 bits per heavy atom. The van der Waals surface area contributed by atoms with Gasteiger partial charge in [-0.3, -0.25) is 0 Å². The maximum absolute atomic E-state index is 5.64. The maximum Gasteiger partial charge on any atom is 0.0897 e. The van der Waals surface area contributed by atoms with Gasteiger partial charge in [0, 0.05) is 18.5 Å². The van der Waals surface area contributed by atoms with E-state index in [1.54, 1.807) is 11.3 Å². The summed E-state index contributed by atoms with van der Waals surface area (Å²) in [4.78, 5) is 4.38. The Hall–Kier alpha value is -0.450. The fourth-order valence-corrected chi connectivity index (χ4v) is 1.70. The number of nitrogens with one attached hydrogen (secondary N) is 1. The molecule has 4 heteroatoms. The molecule has 0 aromatic carbocycles. The van der Waals surface area contributed by atoms with Crippen molar-refractivity contribution in [2.75, 3.05) is 13.1 Å². The average Bonchev–Trinajstić information content (AvgIpc) is 2.51. The van der Waals surface area contributed by atoms with E-state index in [9.17, 15) is 0 Å². The topological polar surface area (TPSA) is 50.9 Å². The molecule has 0 radical (unpaired) electrons. The first-order valence-corrected chi connectivity index (χ1v) is 5.73. The molecule has 14 heavy (non-hydrogen) atoms. The van der Waals surface area contributed by atoms with Gasteiger partial charge < -0.3 is 11.1 Å². The van der Waals surface area contributed by atoms with E-state index in [1.807, 2.05) is 6.92 Å². The van der Waals surface area contributed by atoms with Gasteiger partial charge in [0.1, 0.15) is 0 Å². The Balaban J connectivity index is 2.28. The fraction of sp³-hybridized carbons (Fsp3) is 0.700. The molecule has 0 bridgehead atoms. The Kier molecular flexibility index (Phi) is 4.04. The highest BCUT2D eigenvalue weighted by molar-refractivity contribution is 7.09. The maximum atomic E-state index is 5.64. The standard InChI is InChI=1S/C10H19N3S/c1-8-13-9(5-14-8)4-12-7-10(2,3)6-11/h5,12H,4,6-7,11H2,1-3H3. The fourth-order valence-electron chi connectivity index (χ4n) is 1.09. The molecule has 0 atom stereocenters. The second kappa shape index (κ2) is 4.87. The molecule has 0 saturated heterocycles. The number of hydrogen-bond donors (Lipinski definition) is 2. The smallest absolute Gasteiger partial charge is 0.0897 e. The highest BCUT2D eigenvalue weighted by Crippen LogP contribution is 2.11. The molecule has 0 saturated carbocycles. The lowest BCUT2D eigenvalue weighted by molar-refractivity contribution is 0.350. The minimum absolute atomic E-state index is 0.172. The lowest BCUT2D eigenvalue weighted by Crippen LogP contribution is -2.35. The van der Waals surface area contributed by atoms with Crippen molar-refractivity contribution in [1.29, 1.82) is 0 Å². The molecular formula is C10H19N3S. The molecule has 0 spiro atoms. The second-order valence-electron chi connectivity index (χ2n) is 4.33. The average molecular weight is 213 g/mol. The van der Waals surface area contributed by atoms with Crippen LogP contribution in [0.4, 0.5) is 0 Å². The monoisotopic (exact) mass is 213 g/mol. The third-order valence-corrected chi connectivity index (χ3v) is 2.95. The molecule has 0 unspecified atom stereocenters. The third-order valence-electron chi connectivity index (χ3n) is 2.13. The van der Waals surface area contributed by atoms with Gasteiger partial charge in [-0.1, -0.05) is 13.8 Å². The van der Waals surface area contributed by atoms with Crippen molar-refractivity contribution < 1.29 is 0 Å². The highest BCUT2D eigenvalue weighted by atomic mass is 32.1. The van der Waals surface area contributed by atoms with Gasteiger partial charge in [-0.2, -0.15) is 0 Å². The molecule has 1 heterocycles. The van der Waals surface area contributed by atoms with Crippen LogP contribution >= 0.6 is 11.3 Å². The number of aryl methyl sites for hydroxylation is 1. The zero-order chi connectivity index (χ0) is 10.6. The first kappa shape index (κ1) is 11.6. The van der Waals surface area contributed by atoms with Crippen LogP contribution in [0.3, 0.4) is 0 Å². The highest BCUT2D eigenvalue weighted by Gasteiger charge is 2.14. The zero-order valence-corrected chi connectivity index (χ0v) is 9.95. The Morgan fingerprint density at radius 2 is 2.29 bits per heavy atom. The van der Waals surface area contributed by atoms with E-state index < -0.39 is 0 Å². The van der Waals surface area contributed by atoms with Crippen LogP contribution in [0, 0.1) is 12.3 Å². The van der Waals surface area contributed by atoms with Gasteiger partial charge in [0.15, 0.2) is 0 Å². The van der Waals surface area contributed by atoms with Gasteiger partial charge >= 0.3 is 0 Å². The summed E-state index contributed by atoms with van der Waals surface area (Å²) >= 11 is 1.69. The summed E-state index contributed by atoms with van der Waals surface area (Å²) < 4.78 is 0. The summed E-state index contributed by atoms with van der Waals surface area (Å²) in [6.45, 7) is 8.82. The summed E-state index contributed by atoms with van der Waals surface area (Å²) in [6, 6.07) is 0. The quantitative estimate of drug-likeness (QED) is 0.780. The predicted octanol–water partition coefficient (Wildman–Crippen LogP) is 1.53. The van der Waals surface area contributed by atoms with Crippen molar-refractivity contribution in [1.82, 2.24) is 10.3 Å². The first-order chi connectivity index (χ1) is 6.53. The Labute approximate surface area is 89.7 Å². The van der Waals surface area contributed by atoms with Crippen LogP contribution in [0.1, 0.15) is 24.5 Å². The van der Waals surface area contributed by atoms with Gasteiger partial charge in [-0.25, -0.2) is 4.98 Å². The molecule has 0 aliphatic heterocycles. The summed E-state index contributed by atoms with van der Waals surface area (Å²) in [5.41, 5.74) is 6.93. The van der Waals surface area contributed by atoms with Gasteiger partial charge in [0.05, 0.1) is 10.7 Å². The number of rotatable bonds is 5. The van der Waals surface area contributed by atoms with E-state index in [0.29, 0.717) is 6.54 Å². The molecule has 80 valence electrons. The number of nitrogens with two attached hydrogens (primary N) is 1. The molecule has 3 nitrogen and oxygen atoms in total. The van der Waals surface area contributed by atoms with Crippen LogP contribution in [0.2, 0.25) is 0 Å². The Morgan fingerprint density at radius 3 is 2.79 bits per heavy atom. The normalized spacial score (nSPS) is 12.0. The van der Waals surface area contributed by atoms with Crippen LogP contribution in [-0.2, 0) is 6.54 Å². The zero-order valence-electron chi connectivity index (χ0n) is 9.13. The minimum atomic E-state index is 0.172. The molecule has 3 N–H and O–H groups in total. The summed E-state index contributed by atoms with van der Waals surface area (Å²) in [5, 5.41) is 6.59. The van der Waals surface area contributed by atoms with Gasteiger partial charge in [0.25, 0.3) is 0 Å². The lowest BCUT2D eigenvalue weighted by atomic mass is 9.94. The molecule has 1 aromatic rings. The molecule has 0 aliphatic carbocycles. The van der Waals surface area contributed by atoms with Crippen molar-refractivity contribution in [3.05, 3.63) is 16.1 Å². The SMILES string of the molecule is Cc1nc(CNCC(C)(C)CN)cs1. The van der Waals surface area contributed by atoms with Crippen LogP contribution in [0.5, 0.6) is 0 Å². The van der Waals surface area contributed by atoms with Crippen LogP contribution < -0.4 is 11.1 Å². The van der Waals surface area contributed by atoms with E-state index in [1.165, 1.54) is 0 Å². The van der Waals surface area contributed by atoms with E-state index in [2.05, 4.69) is 29.5 Å². The number of thiazole rings is 1. The summed E-state index contributed by atoms with van der Waals surface area (Å²) in [5.74, 6) is 0. The second-order valence-corrected chi connectivity index (χ2v) is 5.39. The van der Waals surface area contributed by atoms with Crippen molar-refractivity contribution in [3.63, 3.8) is 0 Å². The third kappa shape index (κ3) is 3.74. The molecule has 0 fully saturated rings. The van der Waals surface area contributed by atoms with Crippen LogP contribution in [0.25, 0.3) is 0 Å². The van der Waals surface area contributed by atoms with Crippen molar-refractivity contribution in [2.24, 2.45) is 11.1 Å². The lowest BCUT2D eigenvalue weighted by Gasteiger charge is -2.22. The van der Waals surface area contributed by atoms with E-state index >= 15 is 0 Å². The minimum Gasteiger partial charge on any atom is -0.330 e. The van der Waals surface area contributed by atoms with E-state index in [4.69, 9.17) is 5.73 Å². The van der Waals surface area contributed by atoms with Gasteiger partial charge in [-0.15, -0.1) is 11.3 Å². The predicted molar refractivity (Wildman–Crippen MR) is 61.4 cm³/mol.